The molecule has 7 aromatic rings. The van der Waals surface area contributed by atoms with Crippen molar-refractivity contribution in [3.63, 3.8) is 0 Å². The smallest absolute Gasteiger partial charge is 0.124 e. The number of thiophene rings is 1. The van der Waals surface area contributed by atoms with Gasteiger partial charge in [0.05, 0.1) is 5.71 Å². The number of aliphatic imine (C=N–C) groups is 1. The SMILES string of the molecule is C=C(/C=C\C=C/C)c1c(Nc2ccc[c-]c2-c2[c-]cccc2)cccc1C(N)/N=C(/c1ccccc1)c1cccc2c1sc1ccccc12.[Y]. The van der Waals surface area contributed by atoms with Crippen molar-refractivity contribution in [3.05, 3.63) is 199 Å². The first-order valence-corrected chi connectivity index (χ1v) is 17.1. The molecular formula is C45H35N3SY-2. The van der Waals surface area contributed by atoms with Gasteiger partial charge in [-0.2, -0.15) is 36.4 Å². The minimum absolute atomic E-state index is 0. The zero-order valence-electron chi connectivity index (χ0n) is 27.8. The largest absolute Gasteiger partial charge is 0.403 e. The third-order valence-electron chi connectivity index (χ3n) is 8.42. The molecule has 1 unspecified atom stereocenters. The molecule has 0 aliphatic heterocycles. The van der Waals surface area contributed by atoms with Gasteiger partial charge in [0.1, 0.15) is 6.17 Å². The van der Waals surface area contributed by atoms with Crippen LogP contribution in [0.5, 0.6) is 0 Å². The fraction of sp³-hybridized carbons (Fsp3) is 0.0444. The van der Waals surface area contributed by atoms with E-state index in [0.717, 1.165) is 56.0 Å². The third kappa shape index (κ3) is 7.40. The van der Waals surface area contributed by atoms with Crippen LogP contribution in [0.25, 0.3) is 36.9 Å². The van der Waals surface area contributed by atoms with Crippen LogP contribution in [0.2, 0.25) is 0 Å². The summed E-state index contributed by atoms with van der Waals surface area (Å²) in [5, 5.41) is 6.16. The summed E-state index contributed by atoms with van der Waals surface area (Å²) in [6, 6.07) is 52.1. The van der Waals surface area contributed by atoms with Crippen molar-refractivity contribution in [2.24, 2.45) is 10.7 Å². The molecule has 0 saturated carbocycles. The summed E-state index contributed by atoms with van der Waals surface area (Å²) >= 11 is 1.79. The van der Waals surface area contributed by atoms with Gasteiger partial charge < -0.3 is 11.1 Å². The summed E-state index contributed by atoms with van der Waals surface area (Å²) in [5.41, 5.74) is 16.3. The Kier molecular flexibility index (Phi) is 11.5. The average molecular weight is 739 g/mol. The Bertz CT molecular complexity index is 2350. The van der Waals surface area contributed by atoms with Crippen LogP contribution in [-0.2, 0) is 32.7 Å². The molecule has 1 radical (unpaired) electrons. The Balaban J connectivity index is 0.00000432. The van der Waals surface area contributed by atoms with Crippen LogP contribution in [0.15, 0.2) is 169 Å². The number of fused-ring (bicyclic) bond motifs is 3. The van der Waals surface area contributed by atoms with E-state index in [1.54, 1.807) is 11.3 Å². The fourth-order valence-electron chi connectivity index (χ4n) is 6.14. The van der Waals surface area contributed by atoms with E-state index in [2.05, 4.69) is 96.8 Å². The zero-order valence-corrected chi connectivity index (χ0v) is 31.5. The second kappa shape index (κ2) is 16.3. The first-order chi connectivity index (χ1) is 24.1. The Hall–Kier alpha value is -4.71. The van der Waals surface area contributed by atoms with E-state index in [4.69, 9.17) is 10.7 Å². The molecule has 241 valence electrons. The predicted octanol–water partition coefficient (Wildman–Crippen LogP) is 11.7. The quantitative estimate of drug-likeness (QED) is 0.0834. The van der Waals surface area contributed by atoms with E-state index in [-0.39, 0.29) is 32.7 Å². The number of benzene rings is 6. The molecular weight excluding hydrogens is 703 g/mol. The van der Waals surface area contributed by atoms with Crippen LogP contribution >= 0.6 is 11.3 Å². The average Bonchev–Trinajstić information content (AvgIpc) is 3.54. The van der Waals surface area contributed by atoms with Gasteiger partial charge in [0.15, 0.2) is 0 Å². The molecule has 3 N–H and O–H groups in total. The predicted molar refractivity (Wildman–Crippen MR) is 211 cm³/mol. The van der Waals surface area contributed by atoms with Gasteiger partial charge in [0.2, 0.25) is 0 Å². The molecule has 0 aliphatic carbocycles. The second-order valence-electron chi connectivity index (χ2n) is 11.6. The zero-order chi connectivity index (χ0) is 33.6. The van der Waals surface area contributed by atoms with Gasteiger partial charge in [-0.3, -0.25) is 4.99 Å². The van der Waals surface area contributed by atoms with Gasteiger partial charge in [-0.1, -0.05) is 115 Å². The van der Waals surface area contributed by atoms with Gasteiger partial charge in [-0.25, -0.2) is 11.1 Å². The molecule has 6 aromatic carbocycles. The summed E-state index contributed by atoms with van der Waals surface area (Å²) < 4.78 is 2.44. The Labute approximate surface area is 323 Å². The molecule has 0 aliphatic rings. The monoisotopic (exact) mass is 738 g/mol. The number of nitrogens with one attached hydrogen (secondary N) is 1. The van der Waals surface area contributed by atoms with E-state index in [0.29, 0.717) is 0 Å². The first kappa shape index (κ1) is 35.1. The van der Waals surface area contributed by atoms with Crippen LogP contribution in [0.4, 0.5) is 11.4 Å². The molecule has 0 amide bonds. The van der Waals surface area contributed by atoms with E-state index in [9.17, 15) is 0 Å². The van der Waals surface area contributed by atoms with E-state index in [1.165, 1.54) is 20.2 Å². The van der Waals surface area contributed by atoms with Crippen molar-refractivity contribution in [1.82, 2.24) is 0 Å². The van der Waals surface area contributed by atoms with Crippen LogP contribution in [0.3, 0.4) is 0 Å². The normalized spacial score (nSPS) is 12.4. The maximum atomic E-state index is 7.16. The number of nitrogens with zero attached hydrogens (tertiary/aromatic N) is 1. The van der Waals surface area contributed by atoms with Crippen molar-refractivity contribution in [1.29, 1.82) is 0 Å². The second-order valence-corrected chi connectivity index (χ2v) is 12.7. The van der Waals surface area contributed by atoms with Gasteiger partial charge in [0, 0.05) is 80.8 Å². The number of anilines is 2. The molecule has 1 heterocycles. The van der Waals surface area contributed by atoms with Gasteiger partial charge in [-0.05, 0) is 24.6 Å². The van der Waals surface area contributed by atoms with Gasteiger partial charge in [-0.15, -0.1) is 29.5 Å². The number of allylic oxidation sites excluding steroid dienone is 5. The van der Waals surface area contributed by atoms with Gasteiger partial charge >= 0.3 is 0 Å². The maximum Gasteiger partial charge on any atom is 0.124 e. The van der Waals surface area contributed by atoms with E-state index >= 15 is 0 Å². The molecule has 3 nitrogen and oxygen atoms in total. The van der Waals surface area contributed by atoms with E-state index in [1.807, 2.05) is 91.9 Å². The summed E-state index contributed by atoms with van der Waals surface area (Å²) in [7, 11) is 0. The number of nitrogens with two attached hydrogens (primary N) is 1. The van der Waals surface area contributed by atoms with Crippen molar-refractivity contribution < 1.29 is 32.7 Å². The number of hydrogen-bond donors (Lipinski definition) is 2. The van der Waals surface area contributed by atoms with Crippen LogP contribution in [0.1, 0.15) is 35.3 Å². The molecule has 0 bridgehead atoms. The Morgan fingerprint density at radius 1 is 0.780 bits per heavy atom. The number of rotatable bonds is 10. The molecule has 0 spiro atoms. The molecule has 5 heteroatoms. The molecule has 1 atom stereocenters. The molecule has 1 aromatic heterocycles. The van der Waals surface area contributed by atoms with Crippen LogP contribution < -0.4 is 11.1 Å². The molecule has 50 heavy (non-hydrogen) atoms. The summed E-state index contributed by atoms with van der Waals surface area (Å²) in [6.07, 6.45) is 7.31. The molecule has 0 fully saturated rings. The standard InChI is InChI=1S/C45H35N3S.Y/c1-3-4-7-18-31(2)42-37(26-17-29-40(42)47-39-28-14-12-23-34(39)32-19-8-5-9-20-32)45(46)48-43(33-21-10-6-11-22-33)38-27-16-25-36-35-24-13-15-30-41(35)49-44(36)38;/h3-19,21-22,24-30,45,47H,2,46H2,1H3;/q-2;/b4-3-,18-7-,48-43-;. The van der Waals surface area contributed by atoms with E-state index < -0.39 is 6.17 Å². The molecule has 7 rings (SSSR count). The minimum atomic E-state index is -0.687. The number of hydrogen-bond acceptors (Lipinski definition) is 4. The fourth-order valence-corrected chi connectivity index (χ4v) is 7.36. The van der Waals surface area contributed by atoms with Crippen LogP contribution in [0, 0.1) is 12.1 Å². The minimum Gasteiger partial charge on any atom is -0.403 e. The maximum absolute atomic E-state index is 7.16. The Morgan fingerprint density at radius 3 is 2.34 bits per heavy atom. The molecule has 0 saturated heterocycles. The van der Waals surface area contributed by atoms with Gasteiger partial charge in [0.25, 0.3) is 0 Å². The first-order valence-electron chi connectivity index (χ1n) is 16.3. The summed E-state index contributed by atoms with van der Waals surface area (Å²) in [6.45, 7) is 6.50. The Morgan fingerprint density at radius 2 is 1.52 bits per heavy atom. The van der Waals surface area contributed by atoms with Crippen molar-refractivity contribution >= 4 is 54.2 Å². The summed E-state index contributed by atoms with van der Waals surface area (Å²) in [5.74, 6) is 0. The van der Waals surface area contributed by atoms with Crippen molar-refractivity contribution in [3.8, 4) is 11.1 Å². The third-order valence-corrected chi connectivity index (χ3v) is 9.64. The van der Waals surface area contributed by atoms with Crippen molar-refractivity contribution in [2.45, 2.75) is 13.1 Å². The van der Waals surface area contributed by atoms with Crippen molar-refractivity contribution in [2.75, 3.05) is 5.32 Å². The topological polar surface area (TPSA) is 50.4 Å². The summed E-state index contributed by atoms with van der Waals surface area (Å²) in [4.78, 5) is 5.34. The van der Waals surface area contributed by atoms with Crippen LogP contribution in [-0.4, -0.2) is 5.71 Å².